The molecule has 3 heterocycles. The van der Waals surface area contributed by atoms with Gasteiger partial charge in [0.2, 0.25) is 0 Å². The van der Waals surface area contributed by atoms with Gasteiger partial charge in [0, 0.05) is 44.3 Å². The minimum atomic E-state index is -0.0623. The zero-order chi connectivity index (χ0) is 17.6. The van der Waals surface area contributed by atoms with Gasteiger partial charge in [0.25, 0.3) is 0 Å². The third-order valence-corrected chi connectivity index (χ3v) is 4.68. The van der Waals surface area contributed by atoms with Crippen molar-refractivity contribution in [3.8, 4) is 5.82 Å². The highest BCUT2D eigenvalue weighted by Gasteiger charge is 2.25. The Kier molecular flexibility index (Phi) is 5.65. The van der Waals surface area contributed by atoms with E-state index in [1.807, 2.05) is 34.7 Å². The second kappa shape index (κ2) is 8.11. The van der Waals surface area contributed by atoms with E-state index >= 15 is 0 Å². The number of aryl methyl sites for hydroxylation is 1. The number of aliphatic hydroxyl groups excluding tert-OH is 1. The van der Waals surface area contributed by atoms with Gasteiger partial charge < -0.3 is 15.3 Å². The molecule has 7 nitrogen and oxygen atoms in total. The van der Waals surface area contributed by atoms with E-state index in [0.717, 1.165) is 43.0 Å². The van der Waals surface area contributed by atoms with Crippen LogP contribution in [0.1, 0.15) is 37.1 Å². The van der Waals surface area contributed by atoms with E-state index < -0.39 is 0 Å². The summed E-state index contributed by atoms with van der Waals surface area (Å²) in [5.74, 6) is 1.69. The van der Waals surface area contributed by atoms with E-state index in [0.29, 0.717) is 13.0 Å². The summed E-state index contributed by atoms with van der Waals surface area (Å²) in [5, 5.41) is 12.1. The zero-order valence-electron chi connectivity index (χ0n) is 14.6. The largest absolute Gasteiger partial charge is 0.396 e. The lowest BCUT2D eigenvalue weighted by Gasteiger charge is -2.35. The molecule has 134 valence electrons. The monoisotopic (exact) mass is 343 g/mol. The molecule has 1 aliphatic heterocycles. The molecular weight excluding hydrogens is 318 g/mol. The molecule has 1 aliphatic rings. The van der Waals surface area contributed by atoms with Crippen molar-refractivity contribution in [1.29, 1.82) is 0 Å². The number of likely N-dealkylation sites (tertiary alicyclic amines) is 1. The minimum absolute atomic E-state index is 0.0623. The molecule has 0 aromatic carbocycles. The summed E-state index contributed by atoms with van der Waals surface area (Å²) in [6.07, 6.45) is 9.14. The van der Waals surface area contributed by atoms with Crippen LogP contribution in [0.3, 0.4) is 0 Å². The van der Waals surface area contributed by atoms with Crippen molar-refractivity contribution >= 4 is 6.03 Å². The Morgan fingerprint density at radius 1 is 1.36 bits per heavy atom. The normalized spacial score (nSPS) is 17.5. The molecule has 0 radical (unpaired) electrons. The van der Waals surface area contributed by atoms with Gasteiger partial charge in [-0.2, -0.15) is 0 Å². The first-order valence-electron chi connectivity index (χ1n) is 8.79. The highest BCUT2D eigenvalue weighted by molar-refractivity contribution is 5.74. The van der Waals surface area contributed by atoms with Gasteiger partial charge in [-0.3, -0.25) is 4.57 Å². The molecule has 0 aliphatic carbocycles. The number of piperidine rings is 1. The Morgan fingerprint density at radius 2 is 2.24 bits per heavy atom. The van der Waals surface area contributed by atoms with Crippen LogP contribution in [0.5, 0.6) is 0 Å². The number of imidazole rings is 1. The molecule has 2 aromatic heterocycles. The van der Waals surface area contributed by atoms with Crippen molar-refractivity contribution < 1.29 is 9.90 Å². The van der Waals surface area contributed by atoms with E-state index in [4.69, 9.17) is 0 Å². The average Bonchev–Trinajstić information content (AvgIpc) is 3.07. The molecule has 1 unspecified atom stereocenters. The fourth-order valence-corrected chi connectivity index (χ4v) is 3.28. The first-order valence-corrected chi connectivity index (χ1v) is 8.79. The van der Waals surface area contributed by atoms with Gasteiger partial charge in [0.15, 0.2) is 0 Å². The third kappa shape index (κ3) is 4.17. The number of aromatic nitrogens is 3. The molecule has 2 N–H and O–H groups in total. The number of pyridine rings is 1. The molecule has 3 rings (SSSR count). The highest BCUT2D eigenvalue weighted by atomic mass is 16.3. The van der Waals surface area contributed by atoms with Crippen LogP contribution in [0.4, 0.5) is 4.79 Å². The molecule has 0 bridgehead atoms. The molecule has 1 atom stereocenters. The quantitative estimate of drug-likeness (QED) is 0.870. The topological polar surface area (TPSA) is 83.3 Å². The summed E-state index contributed by atoms with van der Waals surface area (Å²) in [4.78, 5) is 22.9. The summed E-state index contributed by atoms with van der Waals surface area (Å²) in [7, 11) is 0. The number of hydrogen-bond acceptors (Lipinski definition) is 4. The predicted molar refractivity (Wildman–Crippen MR) is 94.4 cm³/mol. The molecule has 1 saturated heterocycles. The molecule has 25 heavy (non-hydrogen) atoms. The maximum atomic E-state index is 12.5. The number of urea groups is 1. The Labute approximate surface area is 147 Å². The number of carbonyl (C=O) groups is 1. The first kappa shape index (κ1) is 17.4. The van der Waals surface area contributed by atoms with Gasteiger partial charge in [-0.05, 0) is 44.2 Å². The number of rotatable bonds is 5. The van der Waals surface area contributed by atoms with Crippen LogP contribution in [0.2, 0.25) is 0 Å². The zero-order valence-corrected chi connectivity index (χ0v) is 14.6. The number of hydrogen-bond donors (Lipinski definition) is 2. The Bertz CT molecular complexity index is 696. The van der Waals surface area contributed by atoms with Crippen LogP contribution in [-0.4, -0.2) is 49.8 Å². The minimum Gasteiger partial charge on any atom is -0.396 e. The molecule has 2 amide bonds. The van der Waals surface area contributed by atoms with E-state index in [2.05, 4.69) is 15.3 Å². The van der Waals surface area contributed by atoms with Gasteiger partial charge in [-0.25, -0.2) is 14.8 Å². The first-order chi connectivity index (χ1) is 12.2. The number of nitrogens with zero attached hydrogens (tertiary/aromatic N) is 4. The standard InChI is InChI=1S/C18H25N5O2/c1-14-19-8-10-22(14)17-6-5-15(12-20-17)13-21-18(25)23-9-3-2-4-16(23)7-11-24/h5-6,8,10,12,16,24H,2-4,7,9,11,13H2,1H3,(H,21,25). The second-order valence-electron chi connectivity index (χ2n) is 6.38. The highest BCUT2D eigenvalue weighted by Crippen LogP contribution is 2.19. The van der Waals surface area contributed by atoms with Crippen LogP contribution >= 0.6 is 0 Å². The predicted octanol–water partition coefficient (Wildman–Crippen LogP) is 2.02. The lowest BCUT2D eigenvalue weighted by Crippen LogP contribution is -2.48. The van der Waals surface area contributed by atoms with Crippen LogP contribution < -0.4 is 5.32 Å². The fourth-order valence-electron chi connectivity index (χ4n) is 3.28. The Morgan fingerprint density at radius 3 is 2.92 bits per heavy atom. The van der Waals surface area contributed by atoms with Crippen LogP contribution in [0, 0.1) is 6.92 Å². The van der Waals surface area contributed by atoms with Gasteiger partial charge in [-0.1, -0.05) is 6.07 Å². The van der Waals surface area contributed by atoms with Crippen LogP contribution in [-0.2, 0) is 6.54 Å². The second-order valence-corrected chi connectivity index (χ2v) is 6.38. The smallest absolute Gasteiger partial charge is 0.317 e. The molecule has 0 saturated carbocycles. The SMILES string of the molecule is Cc1nccn1-c1ccc(CNC(=O)N2CCCCC2CCO)cn1. The van der Waals surface area contributed by atoms with Crippen molar-refractivity contribution in [1.82, 2.24) is 24.8 Å². The van der Waals surface area contributed by atoms with Gasteiger partial charge >= 0.3 is 6.03 Å². The maximum Gasteiger partial charge on any atom is 0.317 e. The average molecular weight is 343 g/mol. The van der Waals surface area contributed by atoms with E-state index in [9.17, 15) is 9.90 Å². The lowest BCUT2D eigenvalue weighted by molar-refractivity contribution is 0.131. The Hall–Kier alpha value is -2.41. The summed E-state index contributed by atoms with van der Waals surface area (Å²) in [6, 6.07) is 3.96. The van der Waals surface area contributed by atoms with Crippen LogP contribution in [0.25, 0.3) is 5.82 Å². The van der Waals surface area contributed by atoms with Crippen molar-refractivity contribution in [2.24, 2.45) is 0 Å². The van der Waals surface area contributed by atoms with Crippen molar-refractivity contribution in [3.63, 3.8) is 0 Å². The van der Waals surface area contributed by atoms with Gasteiger partial charge in [-0.15, -0.1) is 0 Å². The summed E-state index contributed by atoms with van der Waals surface area (Å²) < 4.78 is 1.91. The summed E-state index contributed by atoms with van der Waals surface area (Å²) in [5.41, 5.74) is 0.950. The third-order valence-electron chi connectivity index (χ3n) is 4.68. The molecule has 7 heteroatoms. The summed E-state index contributed by atoms with van der Waals surface area (Å²) >= 11 is 0. The lowest BCUT2D eigenvalue weighted by atomic mass is 10.0. The van der Waals surface area contributed by atoms with Crippen molar-refractivity contribution in [3.05, 3.63) is 42.1 Å². The van der Waals surface area contributed by atoms with E-state index in [1.165, 1.54) is 0 Å². The summed E-state index contributed by atoms with van der Waals surface area (Å²) in [6.45, 7) is 3.25. The Balaban J connectivity index is 1.57. The molecule has 0 spiro atoms. The van der Waals surface area contributed by atoms with E-state index in [-0.39, 0.29) is 18.7 Å². The van der Waals surface area contributed by atoms with Gasteiger partial charge in [0.1, 0.15) is 11.6 Å². The maximum absolute atomic E-state index is 12.5. The van der Waals surface area contributed by atoms with Gasteiger partial charge in [0.05, 0.1) is 0 Å². The molecule has 1 fully saturated rings. The molecular formula is C18H25N5O2. The van der Waals surface area contributed by atoms with E-state index in [1.54, 1.807) is 12.4 Å². The number of aliphatic hydroxyl groups is 1. The van der Waals surface area contributed by atoms with Crippen LogP contribution in [0.15, 0.2) is 30.7 Å². The molecule has 2 aromatic rings. The van der Waals surface area contributed by atoms with Crippen molar-refractivity contribution in [2.45, 2.75) is 45.2 Å². The van der Waals surface area contributed by atoms with Crippen molar-refractivity contribution in [2.75, 3.05) is 13.2 Å². The number of carbonyl (C=O) groups excluding carboxylic acids is 1. The number of nitrogens with one attached hydrogen (secondary N) is 1. The number of amides is 2. The fraction of sp³-hybridized carbons (Fsp3) is 0.500.